The number of rotatable bonds is 5. The number of carboxylic acid groups (broad SMARTS) is 1. The quantitative estimate of drug-likeness (QED) is 0.803. The van der Waals surface area contributed by atoms with E-state index in [-0.39, 0.29) is 6.42 Å². The van der Waals surface area contributed by atoms with Crippen LogP contribution in [0.5, 0.6) is 5.75 Å². The van der Waals surface area contributed by atoms with E-state index in [4.69, 9.17) is 14.3 Å². The highest BCUT2D eigenvalue weighted by Crippen LogP contribution is 2.28. The zero-order valence-electron chi connectivity index (χ0n) is 13.0. The molecule has 1 unspecified atom stereocenters. The van der Waals surface area contributed by atoms with E-state index in [0.717, 1.165) is 0 Å². The monoisotopic (exact) mass is 319 g/mol. The van der Waals surface area contributed by atoms with Gasteiger partial charge in [-0.3, -0.25) is 9.59 Å². The van der Waals surface area contributed by atoms with Gasteiger partial charge in [0.05, 0.1) is 13.5 Å². The smallest absolute Gasteiger partial charge is 0.336 e. The van der Waals surface area contributed by atoms with Gasteiger partial charge in [0, 0.05) is 17.0 Å². The minimum atomic E-state index is -1.13. The van der Waals surface area contributed by atoms with E-state index >= 15 is 0 Å². The van der Waals surface area contributed by atoms with Crippen LogP contribution in [0.1, 0.15) is 18.1 Å². The molecule has 0 bridgehead atoms. The molecule has 1 aromatic carbocycles. The average Bonchev–Trinajstić information content (AvgIpc) is 2.48. The van der Waals surface area contributed by atoms with Gasteiger partial charge in [0.15, 0.2) is 0 Å². The summed E-state index contributed by atoms with van der Waals surface area (Å²) in [5.74, 6) is -1.04. The van der Waals surface area contributed by atoms with Crippen LogP contribution < -0.4 is 15.7 Å². The molecule has 0 aliphatic carbocycles. The Morgan fingerprint density at radius 2 is 2.09 bits per heavy atom. The van der Waals surface area contributed by atoms with Crippen molar-refractivity contribution in [3.8, 4) is 5.75 Å². The molecular formula is C16H17NO6. The molecule has 2 aromatic rings. The Morgan fingerprint density at radius 3 is 2.70 bits per heavy atom. The van der Waals surface area contributed by atoms with Crippen LogP contribution in [0.4, 0.5) is 0 Å². The Balaban J connectivity index is 2.41. The molecule has 7 nitrogen and oxygen atoms in total. The Bertz CT molecular complexity index is 823. The van der Waals surface area contributed by atoms with E-state index in [9.17, 15) is 14.4 Å². The molecule has 7 heteroatoms. The molecule has 0 aliphatic rings. The van der Waals surface area contributed by atoms with E-state index in [1.165, 1.54) is 20.1 Å². The van der Waals surface area contributed by atoms with Crippen LogP contribution in [-0.2, 0) is 16.0 Å². The molecule has 0 spiro atoms. The van der Waals surface area contributed by atoms with E-state index in [0.29, 0.717) is 27.8 Å². The van der Waals surface area contributed by atoms with Crippen molar-refractivity contribution in [3.05, 3.63) is 39.7 Å². The first-order valence-electron chi connectivity index (χ1n) is 6.96. The van der Waals surface area contributed by atoms with Gasteiger partial charge >= 0.3 is 11.6 Å². The van der Waals surface area contributed by atoms with Crippen molar-refractivity contribution >= 4 is 22.8 Å². The lowest BCUT2D eigenvalue weighted by Gasteiger charge is -2.12. The number of nitrogens with one attached hydrogen (secondary N) is 1. The highest BCUT2D eigenvalue weighted by molar-refractivity contribution is 5.90. The van der Waals surface area contributed by atoms with E-state index in [1.54, 1.807) is 19.1 Å². The standard InChI is InChI=1S/C16H17NO6/c1-8-12(22-3)5-4-11-10(7-14(19)23-15(8)11)6-13(18)17-9(2)16(20)21/h4-5,7,9H,6H2,1-3H3,(H,17,18)(H,20,21). The SMILES string of the molecule is COc1ccc2c(CC(=O)NC(C)C(=O)O)cc(=O)oc2c1C. The van der Waals surface area contributed by atoms with Gasteiger partial charge in [-0.15, -0.1) is 0 Å². The number of carbonyl (C=O) groups is 2. The first-order valence-corrected chi connectivity index (χ1v) is 6.96. The van der Waals surface area contributed by atoms with Gasteiger partial charge in [-0.25, -0.2) is 4.79 Å². The fourth-order valence-corrected chi connectivity index (χ4v) is 2.30. The second kappa shape index (κ2) is 6.51. The topological polar surface area (TPSA) is 106 Å². The molecule has 1 atom stereocenters. The van der Waals surface area contributed by atoms with Crippen molar-refractivity contribution in [2.24, 2.45) is 0 Å². The molecule has 0 saturated carbocycles. The van der Waals surface area contributed by atoms with Crippen molar-refractivity contribution < 1.29 is 23.8 Å². The molecule has 2 rings (SSSR count). The lowest BCUT2D eigenvalue weighted by molar-refractivity contribution is -0.141. The van der Waals surface area contributed by atoms with Crippen LogP contribution in [-0.4, -0.2) is 30.1 Å². The normalized spacial score (nSPS) is 12.0. The van der Waals surface area contributed by atoms with Crippen LogP contribution in [0, 0.1) is 6.92 Å². The van der Waals surface area contributed by atoms with E-state index < -0.39 is 23.5 Å². The summed E-state index contributed by atoms with van der Waals surface area (Å²) in [6, 6.07) is 3.65. The summed E-state index contributed by atoms with van der Waals surface area (Å²) >= 11 is 0. The highest BCUT2D eigenvalue weighted by Gasteiger charge is 2.17. The van der Waals surface area contributed by atoms with E-state index in [1.807, 2.05) is 0 Å². The summed E-state index contributed by atoms with van der Waals surface area (Å²) in [5.41, 5.74) is 0.897. The van der Waals surface area contributed by atoms with Crippen LogP contribution in [0.25, 0.3) is 11.0 Å². The van der Waals surface area contributed by atoms with Crippen LogP contribution >= 0.6 is 0 Å². The maximum Gasteiger partial charge on any atom is 0.336 e. The molecule has 23 heavy (non-hydrogen) atoms. The van der Waals surface area contributed by atoms with E-state index in [2.05, 4.69) is 5.32 Å². The number of methoxy groups -OCH3 is 1. The maximum absolute atomic E-state index is 12.0. The third-order valence-electron chi connectivity index (χ3n) is 3.52. The largest absolute Gasteiger partial charge is 0.496 e. The molecule has 1 heterocycles. The van der Waals surface area contributed by atoms with Crippen molar-refractivity contribution in [3.63, 3.8) is 0 Å². The molecule has 1 aromatic heterocycles. The fourth-order valence-electron chi connectivity index (χ4n) is 2.30. The lowest BCUT2D eigenvalue weighted by atomic mass is 10.0. The van der Waals surface area contributed by atoms with Gasteiger partial charge in [-0.05, 0) is 31.5 Å². The maximum atomic E-state index is 12.0. The number of aryl methyl sites for hydroxylation is 1. The van der Waals surface area contributed by atoms with Gasteiger partial charge in [0.2, 0.25) is 5.91 Å². The molecular weight excluding hydrogens is 302 g/mol. The first-order chi connectivity index (χ1) is 10.8. The Hall–Kier alpha value is -2.83. The number of carboxylic acids is 1. The summed E-state index contributed by atoms with van der Waals surface area (Å²) in [7, 11) is 1.51. The number of hydrogen-bond donors (Lipinski definition) is 2. The number of fused-ring (bicyclic) bond motifs is 1. The molecule has 0 aliphatic heterocycles. The molecule has 0 radical (unpaired) electrons. The number of hydrogen-bond acceptors (Lipinski definition) is 5. The number of carbonyl (C=O) groups excluding carboxylic acids is 1. The van der Waals surface area contributed by atoms with Crippen molar-refractivity contribution in [1.82, 2.24) is 5.32 Å². The van der Waals surface area contributed by atoms with Crippen molar-refractivity contribution in [2.75, 3.05) is 7.11 Å². The summed E-state index contributed by atoms with van der Waals surface area (Å²) in [6.45, 7) is 3.12. The molecule has 122 valence electrons. The average molecular weight is 319 g/mol. The van der Waals surface area contributed by atoms with Gasteiger partial charge < -0.3 is 19.6 Å². The highest BCUT2D eigenvalue weighted by atomic mass is 16.5. The third-order valence-corrected chi connectivity index (χ3v) is 3.52. The Labute approximate surface area is 131 Å². The minimum absolute atomic E-state index is 0.120. The molecule has 1 amide bonds. The number of benzene rings is 1. The lowest BCUT2D eigenvalue weighted by Crippen LogP contribution is -2.39. The minimum Gasteiger partial charge on any atom is -0.496 e. The van der Waals surface area contributed by atoms with Gasteiger partial charge in [-0.2, -0.15) is 0 Å². The summed E-state index contributed by atoms with van der Waals surface area (Å²) in [6.07, 6.45) is -0.120. The zero-order valence-corrected chi connectivity index (χ0v) is 13.0. The van der Waals surface area contributed by atoms with Crippen molar-refractivity contribution in [1.29, 1.82) is 0 Å². The summed E-state index contributed by atoms with van der Waals surface area (Å²) < 4.78 is 10.4. The van der Waals surface area contributed by atoms with Crippen LogP contribution in [0.2, 0.25) is 0 Å². The Morgan fingerprint density at radius 1 is 1.39 bits per heavy atom. The van der Waals surface area contributed by atoms with Gasteiger partial charge in [-0.1, -0.05) is 0 Å². The predicted octanol–water partition coefficient (Wildman–Crippen LogP) is 1.24. The third kappa shape index (κ3) is 3.50. The second-order valence-electron chi connectivity index (χ2n) is 5.16. The first kappa shape index (κ1) is 16.5. The van der Waals surface area contributed by atoms with Gasteiger partial charge in [0.25, 0.3) is 0 Å². The Kier molecular flexibility index (Phi) is 4.68. The van der Waals surface area contributed by atoms with Crippen LogP contribution in [0.15, 0.2) is 27.4 Å². The fraction of sp³-hybridized carbons (Fsp3) is 0.312. The van der Waals surface area contributed by atoms with Crippen molar-refractivity contribution in [2.45, 2.75) is 26.3 Å². The number of ether oxygens (including phenoxy) is 1. The number of aliphatic carboxylic acids is 1. The number of amides is 1. The zero-order chi connectivity index (χ0) is 17.1. The predicted molar refractivity (Wildman–Crippen MR) is 82.7 cm³/mol. The summed E-state index contributed by atoms with van der Waals surface area (Å²) in [4.78, 5) is 34.5. The molecule has 0 fully saturated rings. The molecule has 0 saturated heterocycles. The molecule has 2 N–H and O–H groups in total. The summed E-state index contributed by atoms with van der Waals surface area (Å²) in [5, 5.41) is 11.8. The van der Waals surface area contributed by atoms with Crippen LogP contribution in [0.3, 0.4) is 0 Å². The van der Waals surface area contributed by atoms with Gasteiger partial charge in [0.1, 0.15) is 17.4 Å². The second-order valence-corrected chi connectivity index (χ2v) is 5.16.